The molecule has 0 spiro atoms. The van der Waals surface area contributed by atoms with E-state index in [1.54, 1.807) is 12.1 Å². The molecule has 1 atom stereocenters. The maximum atomic E-state index is 11.6. The number of aliphatic hydroxyl groups is 1. The molecular weight excluding hydrogens is 330 g/mol. The van der Waals surface area contributed by atoms with E-state index in [4.69, 9.17) is 0 Å². The largest absolute Gasteiger partial charge is 0.346 e. The smallest absolute Gasteiger partial charge is 0.271 e. The zero-order chi connectivity index (χ0) is 18.3. The molecule has 0 saturated carbocycles. The van der Waals surface area contributed by atoms with Crippen LogP contribution in [0.2, 0.25) is 0 Å². The van der Waals surface area contributed by atoms with Gasteiger partial charge >= 0.3 is 0 Å². The molecule has 6 heteroatoms. The Hall–Kier alpha value is -2.73. The molecule has 0 aromatic heterocycles. The zero-order valence-corrected chi connectivity index (χ0v) is 14.8. The minimum Gasteiger partial charge on any atom is -0.346 e. The molecule has 2 aliphatic rings. The van der Waals surface area contributed by atoms with Gasteiger partial charge in [0.2, 0.25) is 0 Å². The summed E-state index contributed by atoms with van der Waals surface area (Å²) >= 11 is 0. The molecule has 2 heterocycles. The van der Waals surface area contributed by atoms with Gasteiger partial charge < -0.3 is 5.11 Å². The lowest BCUT2D eigenvalue weighted by Gasteiger charge is -2.24. The van der Waals surface area contributed by atoms with E-state index in [1.165, 1.54) is 12.1 Å². The molecule has 2 aromatic rings. The number of non-ortho nitro benzene ring substituents is 1. The Balaban J connectivity index is 1.81. The van der Waals surface area contributed by atoms with Crippen molar-refractivity contribution in [2.24, 2.45) is 0 Å². The molecule has 2 aromatic carbocycles. The molecule has 134 valence electrons. The fourth-order valence-corrected chi connectivity index (χ4v) is 4.05. The van der Waals surface area contributed by atoms with Crippen LogP contribution in [0.1, 0.15) is 30.4 Å². The molecule has 0 unspecified atom stereocenters. The van der Waals surface area contributed by atoms with Gasteiger partial charge in [-0.25, -0.2) is 9.48 Å². The van der Waals surface area contributed by atoms with E-state index in [0.717, 1.165) is 42.9 Å². The first kappa shape index (κ1) is 16.7. The molecule has 0 radical (unpaired) electrons. The van der Waals surface area contributed by atoms with E-state index < -0.39 is 10.6 Å². The zero-order valence-electron chi connectivity index (χ0n) is 14.8. The maximum Gasteiger partial charge on any atom is 0.271 e. The van der Waals surface area contributed by atoms with Crippen LogP contribution in [0.3, 0.4) is 0 Å². The highest BCUT2D eigenvalue weighted by Crippen LogP contribution is 2.36. The second-order valence-electron chi connectivity index (χ2n) is 7.07. The van der Waals surface area contributed by atoms with E-state index >= 15 is 0 Å². The summed E-state index contributed by atoms with van der Waals surface area (Å²) in [4.78, 5) is 12.9. The third-order valence-electron chi connectivity index (χ3n) is 5.31. The minimum atomic E-state index is -1.26. The topological polar surface area (TPSA) is 69.6 Å². The highest BCUT2D eigenvalue weighted by atomic mass is 16.6. The Labute approximate surface area is 152 Å². The van der Waals surface area contributed by atoms with Crippen LogP contribution in [0.5, 0.6) is 0 Å². The van der Waals surface area contributed by atoms with Crippen molar-refractivity contribution in [3.8, 4) is 0 Å². The number of nitrogens with zero attached hydrogens (tertiary/aromatic N) is 3. The van der Waals surface area contributed by atoms with Crippen molar-refractivity contribution in [2.75, 3.05) is 18.0 Å². The van der Waals surface area contributed by atoms with Gasteiger partial charge in [0, 0.05) is 24.1 Å². The molecule has 0 saturated heterocycles. The van der Waals surface area contributed by atoms with Crippen molar-refractivity contribution in [3.63, 3.8) is 0 Å². The highest BCUT2D eigenvalue weighted by molar-refractivity contribution is 5.96. The number of rotatable bonds is 3. The quantitative estimate of drug-likeness (QED) is 0.523. The summed E-state index contributed by atoms with van der Waals surface area (Å²) < 4.78 is 2.03. The first-order valence-corrected chi connectivity index (χ1v) is 8.94. The van der Waals surface area contributed by atoms with E-state index in [-0.39, 0.29) is 5.69 Å². The van der Waals surface area contributed by atoms with Gasteiger partial charge in [-0.1, -0.05) is 24.3 Å². The van der Waals surface area contributed by atoms with Crippen LogP contribution >= 0.6 is 0 Å². The summed E-state index contributed by atoms with van der Waals surface area (Å²) in [7, 11) is 0. The van der Waals surface area contributed by atoms with Crippen LogP contribution in [-0.2, 0) is 5.72 Å². The predicted octanol–water partition coefficient (Wildman–Crippen LogP) is 3.16. The van der Waals surface area contributed by atoms with Crippen LogP contribution in [0.4, 0.5) is 11.4 Å². The van der Waals surface area contributed by atoms with Crippen LogP contribution in [-0.4, -0.2) is 33.5 Å². The minimum absolute atomic E-state index is 0.00323. The third kappa shape index (κ3) is 2.66. The molecule has 0 amide bonds. The average Bonchev–Trinajstić information content (AvgIpc) is 2.96. The first-order chi connectivity index (χ1) is 12.5. The number of benzene rings is 2. The van der Waals surface area contributed by atoms with Crippen molar-refractivity contribution in [1.82, 2.24) is 0 Å². The van der Waals surface area contributed by atoms with Gasteiger partial charge in [0.05, 0.1) is 11.5 Å². The number of amidine groups is 1. The monoisotopic (exact) mass is 352 g/mol. The van der Waals surface area contributed by atoms with Gasteiger partial charge in [-0.3, -0.25) is 10.1 Å². The van der Waals surface area contributed by atoms with E-state index in [2.05, 4.69) is 24.0 Å². The number of nitro benzene ring substituents is 1. The number of anilines is 1. The van der Waals surface area contributed by atoms with Crippen molar-refractivity contribution in [2.45, 2.75) is 31.9 Å². The fourth-order valence-electron chi connectivity index (χ4n) is 4.05. The molecule has 6 nitrogen and oxygen atoms in total. The Bertz CT molecular complexity index is 909. The van der Waals surface area contributed by atoms with E-state index in [9.17, 15) is 15.2 Å². The molecule has 4 rings (SSSR count). The van der Waals surface area contributed by atoms with Crippen LogP contribution in [0.25, 0.3) is 0 Å². The summed E-state index contributed by atoms with van der Waals surface area (Å²) in [6.45, 7) is 3.17. The lowest BCUT2D eigenvalue weighted by Crippen LogP contribution is -2.41. The number of hydrogen-bond donors (Lipinski definition) is 1. The van der Waals surface area contributed by atoms with Gasteiger partial charge in [-0.15, -0.1) is 0 Å². The number of aryl methyl sites for hydroxylation is 1. The standard InChI is InChI=1S/C20H22N3O3/c1-15-6-4-8-17(12-15)21-14-20(24,22-11-3-2-10-19(21)22)16-7-5-9-18(13-16)23(25)26/h4-9,12-13,24H,2-3,10-11,14H2,1H3/q+1/t20-/m0/s1. The van der Waals surface area contributed by atoms with Crippen LogP contribution < -0.4 is 4.90 Å². The molecule has 0 bridgehead atoms. The predicted molar refractivity (Wildman–Crippen MR) is 99.5 cm³/mol. The Morgan fingerprint density at radius 2 is 2.00 bits per heavy atom. The molecule has 0 aliphatic carbocycles. The van der Waals surface area contributed by atoms with Gasteiger partial charge in [0.25, 0.3) is 17.2 Å². The second kappa shape index (κ2) is 6.21. The van der Waals surface area contributed by atoms with Crippen molar-refractivity contribution in [3.05, 3.63) is 69.8 Å². The second-order valence-corrected chi connectivity index (χ2v) is 7.07. The average molecular weight is 352 g/mol. The highest BCUT2D eigenvalue weighted by Gasteiger charge is 2.52. The molecular formula is C20H22N3O3+. The Morgan fingerprint density at radius 3 is 2.77 bits per heavy atom. The Morgan fingerprint density at radius 1 is 1.19 bits per heavy atom. The summed E-state index contributed by atoms with van der Waals surface area (Å²) in [6.07, 6.45) is 2.98. The number of nitro groups is 1. The first-order valence-electron chi connectivity index (χ1n) is 8.94. The molecule has 1 N–H and O–H groups in total. The van der Waals surface area contributed by atoms with Gasteiger partial charge in [-0.05, 0) is 37.5 Å². The van der Waals surface area contributed by atoms with Crippen LogP contribution in [0.15, 0.2) is 48.5 Å². The number of hydrogen-bond acceptors (Lipinski definition) is 4. The Kier molecular flexibility index (Phi) is 4.00. The maximum absolute atomic E-state index is 11.6. The van der Waals surface area contributed by atoms with Gasteiger partial charge in [0.15, 0.2) is 6.54 Å². The van der Waals surface area contributed by atoms with Crippen molar-refractivity contribution >= 4 is 17.2 Å². The summed E-state index contributed by atoms with van der Waals surface area (Å²) in [5.41, 5.74) is 1.53. The lowest BCUT2D eigenvalue weighted by molar-refractivity contribution is -0.661. The lowest BCUT2D eigenvalue weighted by atomic mass is 10.0. The third-order valence-corrected chi connectivity index (χ3v) is 5.31. The van der Waals surface area contributed by atoms with Crippen molar-refractivity contribution < 1.29 is 14.6 Å². The van der Waals surface area contributed by atoms with E-state index in [0.29, 0.717) is 12.1 Å². The van der Waals surface area contributed by atoms with Crippen LogP contribution in [0, 0.1) is 17.0 Å². The summed E-state index contributed by atoms with van der Waals surface area (Å²) in [5.74, 6) is 1.09. The van der Waals surface area contributed by atoms with E-state index in [1.807, 2.05) is 16.7 Å². The fraction of sp³-hybridized carbons (Fsp3) is 0.350. The molecule has 2 aliphatic heterocycles. The molecule has 0 fully saturated rings. The van der Waals surface area contributed by atoms with Gasteiger partial charge in [-0.2, -0.15) is 0 Å². The SMILES string of the molecule is Cc1cccc(N2C[C@](O)(c3cccc([N+](=O)[O-])c3)[N+]3=C2CCCC3)c1. The summed E-state index contributed by atoms with van der Waals surface area (Å²) in [5, 5.41) is 22.8. The van der Waals surface area contributed by atoms with Crippen molar-refractivity contribution in [1.29, 1.82) is 0 Å². The van der Waals surface area contributed by atoms with Gasteiger partial charge in [0.1, 0.15) is 5.69 Å². The normalized spacial score (nSPS) is 22.5. The molecule has 26 heavy (non-hydrogen) atoms. The number of β-amino-alcohol motifs (C(OH)–C–C–N with tert-alkyl or cyclic N) is 1. The summed E-state index contributed by atoms with van der Waals surface area (Å²) in [6, 6.07) is 14.6.